The van der Waals surface area contributed by atoms with Crippen LogP contribution in [0.5, 0.6) is 0 Å². The van der Waals surface area contributed by atoms with Crippen LogP contribution in [0.3, 0.4) is 0 Å². The summed E-state index contributed by atoms with van der Waals surface area (Å²) in [7, 11) is 0. The second-order valence-corrected chi connectivity index (χ2v) is 6.46. The molecule has 0 radical (unpaired) electrons. The SMILES string of the molecule is C=C(C)CO[C@@H]1[C@@H](OCC(=C)C)COC[C@@H](NC(=O)O)C(=O)O[C@@H]1CC. The number of hydrogen-bond donors (Lipinski definition) is 2. The molecule has 0 unspecified atom stereocenters. The molecule has 1 amide bonds. The smallest absolute Gasteiger partial charge is 0.405 e. The number of amides is 1. The van der Waals surface area contributed by atoms with Crippen LogP contribution in [0.4, 0.5) is 4.79 Å². The molecule has 2 N–H and O–H groups in total. The molecule has 0 bridgehead atoms. The first-order chi connectivity index (χ1) is 12.2. The maximum atomic E-state index is 12.3. The number of cyclic esters (lactones) is 1. The molecule has 1 fully saturated rings. The first-order valence-electron chi connectivity index (χ1n) is 8.54. The van der Waals surface area contributed by atoms with Crippen molar-refractivity contribution in [1.29, 1.82) is 0 Å². The monoisotopic (exact) mass is 371 g/mol. The Kier molecular flexibility index (Phi) is 9.32. The molecule has 0 spiro atoms. The molecule has 1 aliphatic heterocycles. The molecule has 8 heteroatoms. The summed E-state index contributed by atoms with van der Waals surface area (Å²) < 4.78 is 22.8. The molecule has 26 heavy (non-hydrogen) atoms. The second-order valence-electron chi connectivity index (χ2n) is 6.46. The van der Waals surface area contributed by atoms with E-state index in [9.17, 15) is 9.59 Å². The third-order valence-electron chi connectivity index (χ3n) is 3.62. The van der Waals surface area contributed by atoms with E-state index in [-0.39, 0.29) is 19.8 Å². The zero-order chi connectivity index (χ0) is 19.7. The molecule has 1 heterocycles. The van der Waals surface area contributed by atoms with Crippen LogP contribution in [-0.2, 0) is 23.7 Å². The van der Waals surface area contributed by atoms with E-state index in [1.807, 2.05) is 20.8 Å². The fourth-order valence-electron chi connectivity index (χ4n) is 2.41. The molecule has 0 aromatic heterocycles. The number of esters is 1. The summed E-state index contributed by atoms with van der Waals surface area (Å²) in [4.78, 5) is 23.2. The highest BCUT2D eigenvalue weighted by molar-refractivity contribution is 5.81. The molecule has 148 valence electrons. The van der Waals surface area contributed by atoms with Gasteiger partial charge in [-0.3, -0.25) is 0 Å². The van der Waals surface area contributed by atoms with Crippen LogP contribution < -0.4 is 5.32 Å². The van der Waals surface area contributed by atoms with Gasteiger partial charge in [-0.25, -0.2) is 9.59 Å². The average Bonchev–Trinajstić information content (AvgIpc) is 2.60. The van der Waals surface area contributed by atoms with Crippen LogP contribution in [-0.4, -0.2) is 68.0 Å². The minimum atomic E-state index is -1.33. The summed E-state index contributed by atoms with van der Waals surface area (Å²) in [5, 5.41) is 11.0. The lowest BCUT2D eigenvalue weighted by molar-refractivity contribution is -0.168. The van der Waals surface area contributed by atoms with Crippen molar-refractivity contribution < 1.29 is 33.6 Å². The maximum Gasteiger partial charge on any atom is 0.405 e. The van der Waals surface area contributed by atoms with Gasteiger partial charge in [0.1, 0.15) is 18.3 Å². The highest BCUT2D eigenvalue weighted by Gasteiger charge is 2.37. The highest BCUT2D eigenvalue weighted by Crippen LogP contribution is 2.20. The Bertz CT molecular complexity index is 520. The van der Waals surface area contributed by atoms with Crippen molar-refractivity contribution in [2.75, 3.05) is 26.4 Å². The summed E-state index contributed by atoms with van der Waals surface area (Å²) in [6.07, 6.45) is -2.56. The van der Waals surface area contributed by atoms with Crippen molar-refractivity contribution in [2.45, 2.75) is 51.5 Å². The van der Waals surface area contributed by atoms with Crippen LogP contribution in [0.15, 0.2) is 24.3 Å². The van der Waals surface area contributed by atoms with Crippen molar-refractivity contribution in [3.8, 4) is 0 Å². The molecule has 1 aliphatic rings. The minimum absolute atomic E-state index is 0.124. The van der Waals surface area contributed by atoms with Crippen molar-refractivity contribution in [3.05, 3.63) is 24.3 Å². The lowest BCUT2D eigenvalue weighted by Crippen LogP contribution is -2.47. The number of hydrogen-bond acceptors (Lipinski definition) is 6. The summed E-state index contributed by atoms with van der Waals surface area (Å²) in [6, 6.07) is -1.11. The Morgan fingerprint density at radius 1 is 1.23 bits per heavy atom. The van der Waals surface area contributed by atoms with Gasteiger partial charge in [-0.15, -0.1) is 0 Å². The van der Waals surface area contributed by atoms with Gasteiger partial charge in [0, 0.05) is 0 Å². The van der Waals surface area contributed by atoms with Crippen LogP contribution in [0.1, 0.15) is 27.2 Å². The van der Waals surface area contributed by atoms with E-state index in [0.717, 1.165) is 11.1 Å². The molecule has 0 aromatic rings. The normalized spacial score (nSPS) is 26.8. The van der Waals surface area contributed by atoms with E-state index in [1.54, 1.807) is 0 Å². The highest BCUT2D eigenvalue weighted by atomic mass is 16.6. The summed E-state index contributed by atoms with van der Waals surface area (Å²) in [5.74, 6) is -0.705. The van der Waals surface area contributed by atoms with E-state index in [4.69, 9.17) is 24.1 Å². The Morgan fingerprint density at radius 2 is 1.85 bits per heavy atom. The quantitative estimate of drug-likeness (QED) is 0.496. The molecule has 0 aliphatic carbocycles. The first-order valence-corrected chi connectivity index (χ1v) is 8.54. The van der Waals surface area contributed by atoms with Crippen molar-refractivity contribution in [3.63, 3.8) is 0 Å². The average molecular weight is 371 g/mol. The molecule has 1 rings (SSSR count). The number of carboxylic acid groups (broad SMARTS) is 1. The van der Waals surface area contributed by atoms with Crippen LogP contribution in [0, 0.1) is 0 Å². The predicted octanol–water partition coefficient (Wildman–Crippen LogP) is 1.90. The second kappa shape index (κ2) is 10.9. The zero-order valence-electron chi connectivity index (χ0n) is 15.7. The van der Waals surface area contributed by atoms with E-state index in [2.05, 4.69) is 18.5 Å². The Hall–Kier alpha value is -1.90. The van der Waals surface area contributed by atoms with Crippen LogP contribution in [0.2, 0.25) is 0 Å². The van der Waals surface area contributed by atoms with Gasteiger partial charge >= 0.3 is 12.1 Å². The summed E-state index contributed by atoms with van der Waals surface area (Å²) in [5.41, 5.74) is 1.65. The Morgan fingerprint density at radius 3 is 2.38 bits per heavy atom. The molecule has 1 saturated heterocycles. The first kappa shape index (κ1) is 22.1. The van der Waals surface area contributed by atoms with Gasteiger partial charge in [0.25, 0.3) is 0 Å². The number of ether oxygens (including phenoxy) is 4. The van der Waals surface area contributed by atoms with E-state index >= 15 is 0 Å². The molecular weight excluding hydrogens is 342 g/mol. The fourth-order valence-corrected chi connectivity index (χ4v) is 2.41. The zero-order valence-corrected chi connectivity index (χ0v) is 15.7. The van der Waals surface area contributed by atoms with Gasteiger partial charge in [0.2, 0.25) is 0 Å². The Labute approximate surface area is 154 Å². The van der Waals surface area contributed by atoms with Gasteiger partial charge in [0.05, 0.1) is 26.4 Å². The third kappa shape index (κ3) is 7.55. The number of carbonyl (C=O) groups is 2. The number of nitrogens with one attached hydrogen (secondary N) is 1. The third-order valence-corrected chi connectivity index (χ3v) is 3.62. The number of rotatable bonds is 8. The predicted molar refractivity (Wildman–Crippen MR) is 95.0 cm³/mol. The largest absolute Gasteiger partial charge is 0.465 e. The molecule has 0 saturated carbocycles. The van der Waals surface area contributed by atoms with Crippen molar-refractivity contribution in [2.24, 2.45) is 0 Å². The molecule has 0 aromatic carbocycles. The molecule has 4 atom stereocenters. The van der Waals surface area contributed by atoms with E-state index < -0.39 is 36.4 Å². The van der Waals surface area contributed by atoms with E-state index in [0.29, 0.717) is 13.0 Å². The standard InChI is InChI=1S/C18H29NO7/c1-6-14-16(25-8-12(4)5)15(24-7-11(2)3)10-23-9-13(17(20)26-14)19-18(21)22/h13-16,19H,2,4,6-10H2,1,3,5H3,(H,21,22)/t13-,14-,15+,16+/m1/s1. The topological polar surface area (TPSA) is 103 Å². The van der Waals surface area contributed by atoms with Crippen molar-refractivity contribution >= 4 is 12.1 Å². The lowest BCUT2D eigenvalue weighted by atomic mass is 10.1. The molecular formula is C18H29NO7. The number of carbonyl (C=O) groups excluding carboxylic acids is 1. The minimum Gasteiger partial charge on any atom is -0.465 e. The summed E-state index contributed by atoms with van der Waals surface area (Å²) in [6.45, 7) is 13.7. The van der Waals surface area contributed by atoms with Gasteiger partial charge < -0.3 is 29.4 Å². The maximum absolute atomic E-state index is 12.3. The fraction of sp³-hybridized carbons (Fsp3) is 0.667. The lowest BCUT2D eigenvalue weighted by Gasteiger charge is -2.32. The van der Waals surface area contributed by atoms with Gasteiger partial charge in [0.15, 0.2) is 6.04 Å². The Balaban J connectivity index is 3.02. The van der Waals surface area contributed by atoms with Crippen molar-refractivity contribution in [1.82, 2.24) is 5.32 Å². The van der Waals surface area contributed by atoms with Gasteiger partial charge in [-0.1, -0.05) is 31.2 Å². The van der Waals surface area contributed by atoms with Crippen LogP contribution >= 0.6 is 0 Å². The van der Waals surface area contributed by atoms with Gasteiger partial charge in [-0.05, 0) is 20.3 Å². The van der Waals surface area contributed by atoms with E-state index in [1.165, 1.54) is 0 Å². The summed E-state index contributed by atoms with van der Waals surface area (Å²) >= 11 is 0. The van der Waals surface area contributed by atoms with Gasteiger partial charge in [-0.2, -0.15) is 0 Å². The van der Waals surface area contributed by atoms with Crippen LogP contribution in [0.25, 0.3) is 0 Å². The molecule has 8 nitrogen and oxygen atoms in total.